The summed E-state index contributed by atoms with van der Waals surface area (Å²) in [6.45, 7) is 2.25. The van der Waals surface area contributed by atoms with Gasteiger partial charge in [0.2, 0.25) is 0 Å². The average Bonchev–Trinajstić information content (AvgIpc) is 2.68. The summed E-state index contributed by atoms with van der Waals surface area (Å²) in [6.07, 6.45) is 16.0. The van der Waals surface area contributed by atoms with Crippen LogP contribution in [0.2, 0.25) is 0 Å². The van der Waals surface area contributed by atoms with Crippen LogP contribution in [0.4, 0.5) is 0 Å². The number of unbranched alkanes of at least 4 members (excludes halogenated alkanes) is 11. The first-order valence-electron chi connectivity index (χ1n) is 11.0. The summed E-state index contributed by atoms with van der Waals surface area (Å²) in [4.78, 5) is 0.0641. The van der Waals surface area contributed by atoms with Crippen LogP contribution < -0.4 is 0 Å². The van der Waals surface area contributed by atoms with Gasteiger partial charge in [0.1, 0.15) is 0 Å². The van der Waals surface area contributed by atoms with Gasteiger partial charge in [-0.2, -0.15) is 8.42 Å². The van der Waals surface area contributed by atoms with Crippen molar-refractivity contribution in [1.82, 2.24) is 0 Å². The smallest absolute Gasteiger partial charge is 0.282 e. The van der Waals surface area contributed by atoms with Gasteiger partial charge < -0.3 is 0 Å². The molecule has 0 saturated carbocycles. The Morgan fingerprint density at radius 1 is 0.714 bits per heavy atom. The maximum absolute atomic E-state index is 11.8. The van der Waals surface area contributed by atoms with Gasteiger partial charge in [0.15, 0.2) is 0 Å². The Hall–Kier alpha value is -1.39. The highest BCUT2D eigenvalue weighted by molar-refractivity contribution is 7.85. The van der Waals surface area contributed by atoms with Gasteiger partial charge >= 0.3 is 0 Å². The molecule has 0 saturated heterocycles. The van der Waals surface area contributed by atoms with Crippen molar-refractivity contribution in [2.45, 2.75) is 95.3 Å². The number of hydrogen-bond donors (Lipinski definition) is 1. The van der Waals surface area contributed by atoms with Crippen LogP contribution in [0.5, 0.6) is 0 Å². The summed E-state index contributed by atoms with van der Waals surface area (Å²) in [5.74, 6) is 0. The van der Waals surface area contributed by atoms with Crippen LogP contribution in [0.25, 0.3) is 10.8 Å². The Morgan fingerprint density at radius 2 is 1.25 bits per heavy atom. The van der Waals surface area contributed by atoms with Gasteiger partial charge in [-0.1, -0.05) is 108 Å². The van der Waals surface area contributed by atoms with Crippen molar-refractivity contribution in [3.63, 3.8) is 0 Å². The topological polar surface area (TPSA) is 54.4 Å². The molecule has 0 amide bonds. The first-order valence-corrected chi connectivity index (χ1v) is 12.5. The molecule has 28 heavy (non-hydrogen) atoms. The molecule has 0 bridgehead atoms. The van der Waals surface area contributed by atoms with Gasteiger partial charge in [0.05, 0.1) is 4.90 Å². The minimum absolute atomic E-state index is 0.0641. The quantitative estimate of drug-likeness (QED) is 0.265. The summed E-state index contributed by atoms with van der Waals surface area (Å²) < 4.78 is 33.1. The summed E-state index contributed by atoms with van der Waals surface area (Å²) >= 11 is 0. The molecule has 0 unspecified atom stereocenters. The van der Waals surface area contributed by atoms with Crippen molar-refractivity contribution in [3.05, 3.63) is 42.0 Å². The van der Waals surface area contributed by atoms with E-state index in [1.54, 1.807) is 6.07 Å². The maximum atomic E-state index is 11.8. The number of fused-ring (bicyclic) bond motifs is 1. The Bertz CT molecular complexity index is 812. The third-order valence-electron chi connectivity index (χ3n) is 5.56. The summed E-state index contributed by atoms with van der Waals surface area (Å²) in [7, 11) is -4.19. The molecule has 0 atom stereocenters. The number of aryl methyl sites for hydroxylation is 1. The monoisotopic (exact) mass is 404 g/mol. The lowest BCUT2D eigenvalue weighted by Gasteiger charge is -2.11. The van der Waals surface area contributed by atoms with E-state index in [9.17, 15) is 13.0 Å². The molecule has 0 spiro atoms. The predicted octanol–water partition coefficient (Wildman–Crippen LogP) is 7.33. The highest BCUT2D eigenvalue weighted by atomic mass is 32.2. The van der Waals surface area contributed by atoms with Crippen LogP contribution in [-0.4, -0.2) is 13.0 Å². The Labute approximate surface area is 171 Å². The van der Waals surface area contributed by atoms with Crippen molar-refractivity contribution < 1.29 is 13.0 Å². The van der Waals surface area contributed by atoms with Crippen molar-refractivity contribution >= 4 is 20.9 Å². The van der Waals surface area contributed by atoms with Gasteiger partial charge in [0, 0.05) is 0 Å². The number of benzene rings is 2. The molecule has 0 radical (unpaired) electrons. The van der Waals surface area contributed by atoms with E-state index in [4.69, 9.17) is 0 Å². The van der Waals surface area contributed by atoms with Crippen LogP contribution in [0.1, 0.15) is 89.5 Å². The molecule has 0 aromatic heterocycles. The molecule has 3 nitrogen and oxygen atoms in total. The van der Waals surface area contributed by atoms with Crippen molar-refractivity contribution in [3.8, 4) is 0 Å². The highest BCUT2D eigenvalue weighted by Crippen LogP contribution is 2.27. The van der Waals surface area contributed by atoms with Gasteiger partial charge in [-0.3, -0.25) is 4.55 Å². The van der Waals surface area contributed by atoms with Crippen LogP contribution in [0.3, 0.4) is 0 Å². The molecule has 2 rings (SSSR count). The van der Waals surface area contributed by atoms with Gasteiger partial charge in [0.25, 0.3) is 10.1 Å². The second-order valence-corrected chi connectivity index (χ2v) is 9.27. The molecule has 4 heteroatoms. The van der Waals surface area contributed by atoms with Gasteiger partial charge in [-0.15, -0.1) is 0 Å². The summed E-state index contributed by atoms with van der Waals surface area (Å²) in [6, 6.07) is 11.1. The van der Waals surface area contributed by atoms with E-state index >= 15 is 0 Å². The molecule has 2 aromatic rings. The standard InChI is InChI=1S/C24H36O3S/c1-2-3-4-5-6-7-8-9-10-11-12-13-18-23-22-17-15-14-16-21(22)19-20-24(23)28(25,26)27/h14-17,19-20H,2-13,18H2,1H3,(H,25,26,27). The third kappa shape index (κ3) is 7.56. The predicted molar refractivity (Wildman–Crippen MR) is 119 cm³/mol. The van der Waals surface area contributed by atoms with Gasteiger partial charge in [-0.05, 0) is 35.2 Å². The lowest BCUT2D eigenvalue weighted by Crippen LogP contribution is -2.04. The fourth-order valence-electron chi connectivity index (χ4n) is 3.96. The normalized spacial score (nSPS) is 11.9. The van der Waals surface area contributed by atoms with Crippen molar-refractivity contribution in [2.75, 3.05) is 0 Å². The fraction of sp³-hybridized carbons (Fsp3) is 0.583. The SMILES string of the molecule is CCCCCCCCCCCCCCc1c(S(=O)(=O)O)ccc2ccccc12. The van der Waals surface area contributed by atoms with Crippen LogP contribution in [0, 0.1) is 0 Å². The second-order valence-electron chi connectivity index (χ2n) is 7.88. The Morgan fingerprint density at radius 3 is 1.82 bits per heavy atom. The zero-order chi connectivity index (χ0) is 20.2. The zero-order valence-electron chi connectivity index (χ0n) is 17.3. The molecule has 0 aliphatic heterocycles. The van der Waals surface area contributed by atoms with Crippen LogP contribution in [-0.2, 0) is 16.5 Å². The molecule has 1 N–H and O–H groups in total. The molecule has 156 valence electrons. The van der Waals surface area contributed by atoms with E-state index in [-0.39, 0.29) is 4.90 Å². The summed E-state index contributed by atoms with van der Waals surface area (Å²) in [5.41, 5.74) is 0.757. The van der Waals surface area contributed by atoms with Crippen molar-refractivity contribution in [2.24, 2.45) is 0 Å². The van der Waals surface area contributed by atoms with Gasteiger partial charge in [-0.25, -0.2) is 0 Å². The third-order valence-corrected chi connectivity index (χ3v) is 6.49. The Balaban J connectivity index is 1.74. The molecule has 0 fully saturated rings. The highest BCUT2D eigenvalue weighted by Gasteiger charge is 2.17. The largest absolute Gasteiger partial charge is 0.294 e. The lowest BCUT2D eigenvalue weighted by atomic mass is 9.98. The molecule has 2 aromatic carbocycles. The number of hydrogen-bond acceptors (Lipinski definition) is 2. The second kappa shape index (κ2) is 12.2. The van der Waals surface area contributed by atoms with E-state index in [1.807, 2.05) is 24.3 Å². The van der Waals surface area contributed by atoms with E-state index in [0.717, 1.165) is 29.2 Å². The van der Waals surface area contributed by atoms with Crippen LogP contribution >= 0.6 is 0 Å². The lowest BCUT2D eigenvalue weighted by molar-refractivity contribution is 0.482. The first kappa shape index (κ1) is 22.9. The summed E-state index contributed by atoms with van der Waals surface area (Å²) in [5, 5.41) is 1.95. The van der Waals surface area contributed by atoms with Crippen molar-refractivity contribution in [1.29, 1.82) is 0 Å². The molecular formula is C24H36O3S. The molecular weight excluding hydrogens is 368 g/mol. The molecule has 0 aliphatic carbocycles. The minimum atomic E-state index is -4.19. The zero-order valence-corrected chi connectivity index (χ0v) is 18.1. The molecule has 0 heterocycles. The Kier molecular flexibility index (Phi) is 10.0. The minimum Gasteiger partial charge on any atom is -0.282 e. The van der Waals surface area contributed by atoms with Crippen LogP contribution in [0.15, 0.2) is 41.3 Å². The fourth-order valence-corrected chi connectivity index (χ4v) is 4.72. The molecule has 0 aliphatic rings. The van der Waals surface area contributed by atoms with E-state index in [0.29, 0.717) is 6.42 Å². The average molecular weight is 405 g/mol. The van der Waals surface area contributed by atoms with E-state index < -0.39 is 10.1 Å². The maximum Gasteiger partial charge on any atom is 0.294 e. The van der Waals surface area contributed by atoms with E-state index in [1.165, 1.54) is 70.3 Å². The first-order chi connectivity index (χ1) is 13.5. The number of rotatable bonds is 14. The van der Waals surface area contributed by atoms with E-state index in [2.05, 4.69) is 6.92 Å².